The molecule has 0 spiro atoms. The Morgan fingerprint density at radius 1 is 0.826 bits per heavy atom. The van der Waals surface area contributed by atoms with Gasteiger partial charge in [0.1, 0.15) is 17.2 Å². The summed E-state index contributed by atoms with van der Waals surface area (Å²) in [7, 11) is -2.14. The number of nitrogens with zero attached hydrogens (tertiary/aromatic N) is 5. The highest BCUT2D eigenvalue weighted by molar-refractivity contribution is 7.89. The zero-order chi connectivity index (χ0) is 32.3. The van der Waals surface area contributed by atoms with Crippen molar-refractivity contribution < 1.29 is 17.9 Å². The normalized spacial score (nSPS) is 14.3. The van der Waals surface area contributed by atoms with E-state index in [2.05, 4.69) is 0 Å². The van der Waals surface area contributed by atoms with Crippen LogP contribution in [0.5, 0.6) is 5.75 Å². The summed E-state index contributed by atoms with van der Waals surface area (Å²) in [6.45, 7) is 4.34. The number of amides is 1. The summed E-state index contributed by atoms with van der Waals surface area (Å²) in [4.78, 5) is 14.3. The third-order valence-corrected chi connectivity index (χ3v) is 9.80. The van der Waals surface area contributed by atoms with E-state index in [0.29, 0.717) is 58.2 Å². The van der Waals surface area contributed by atoms with Crippen molar-refractivity contribution in [2.24, 2.45) is 5.10 Å². The molecule has 1 aromatic heterocycles. The zero-order valence-electron chi connectivity index (χ0n) is 25.7. The Hall–Kier alpha value is -5.32. The predicted octanol–water partition coefficient (Wildman–Crippen LogP) is 6.41. The number of rotatable bonds is 10. The molecule has 0 unspecified atom stereocenters. The molecule has 6 rings (SSSR count). The van der Waals surface area contributed by atoms with Crippen LogP contribution in [0.2, 0.25) is 0 Å². The number of hydrogen-bond acceptors (Lipinski definition) is 6. The molecule has 1 amide bonds. The third-order valence-electron chi connectivity index (χ3n) is 7.75. The fraction of sp³-hybridized carbons (Fsp3) is 0.139. The SMILES string of the molecule is CCN(CC)S(=O)(=O)c1cccc(-c2nn(-c3ccccc3)cc2C=C2C(=O)N(c3ccccc3)N=C2c2ccccc2OC)c1. The number of benzene rings is 4. The first-order chi connectivity index (χ1) is 22.3. The first-order valence-electron chi connectivity index (χ1n) is 14.9. The number of carbonyl (C=O) groups excluding carboxylic acids is 1. The molecular formula is C36H33N5O4S. The van der Waals surface area contributed by atoms with Gasteiger partial charge in [-0.1, -0.05) is 74.5 Å². The second-order valence-electron chi connectivity index (χ2n) is 10.5. The van der Waals surface area contributed by atoms with Crippen LogP contribution in [0.1, 0.15) is 25.0 Å². The van der Waals surface area contributed by atoms with Crippen LogP contribution in [0.4, 0.5) is 5.69 Å². The van der Waals surface area contributed by atoms with Crippen molar-refractivity contribution in [2.75, 3.05) is 25.2 Å². The van der Waals surface area contributed by atoms with Gasteiger partial charge in [0.15, 0.2) is 0 Å². The van der Waals surface area contributed by atoms with Gasteiger partial charge in [-0.15, -0.1) is 0 Å². The fourth-order valence-electron chi connectivity index (χ4n) is 5.43. The molecule has 2 heterocycles. The molecule has 0 aliphatic carbocycles. The van der Waals surface area contributed by atoms with Gasteiger partial charge in [0.25, 0.3) is 5.91 Å². The lowest BCUT2D eigenvalue weighted by Crippen LogP contribution is -2.30. The van der Waals surface area contributed by atoms with Crippen molar-refractivity contribution in [1.82, 2.24) is 14.1 Å². The van der Waals surface area contributed by atoms with Gasteiger partial charge in [-0.2, -0.15) is 19.5 Å². The fourth-order valence-corrected chi connectivity index (χ4v) is 6.93. The average Bonchev–Trinajstić information content (AvgIpc) is 3.67. The van der Waals surface area contributed by atoms with Crippen molar-refractivity contribution in [2.45, 2.75) is 18.7 Å². The molecule has 0 atom stereocenters. The highest BCUT2D eigenvalue weighted by Gasteiger charge is 2.34. The maximum Gasteiger partial charge on any atom is 0.281 e. The Morgan fingerprint density at radius 3 is 2.15 bits per heavy atom. The van der Waals surface area contributed by atoms with E-state index in [1.54, 1.807) is 36.1 Å². The minimum Gasteiger partial charge on any atom is -0.496 e. The quantitative estimate of drug-likeness (QED) is 0.166. The van der Waals surface area contributed by atoms with Gasteiger partial charge >= 0.3 is 0 Å². The smallest absolute Gasteiger partial charge is 0.281 e. The Balaban J connectivity index is 1.55. The molecular weight excluding hydrogens is 598 g/mol. The summed E-state index contributed by atoms with van der Waals surface area (Å²) in [6.07, 6.45) is 3.60. The van der Waals surface area contributed by atoms with Crippen LogP contribution in [-0.2, 0) is 14.8 Å². The molecule has 0 saturated heterocycles. The highest BCUT2D eigenvalue weighted by atomic mass is 32.2. The Bertz CT molecular complexity index is 2050. The van der Waals surface area contributed by atoms with Crippen molar-refractivity contribution in [3.8, 4) is 22.7 Å². The molecule has 232 valence electrons. The first-order valence-corrected chi connectivity index (χ1v) is 16.4. The van der Waals surface area contributed by atoms with Gasteiger partial charge in [0, 0.05) is 36.0 Å². The predicted molar refractivity (Wildman–Crippen MR) is 181 cm³/mol. The first kappa shape index (κ1) is 30.7. The van der Waals surface area contributed by atoms with Gasteiger partial charge in [-0.3, -0.25) is 4.79 Å². The molecule has 1 aliphatic rings. The van der Waals surface area contributed by atoms with Crippen molar-refractivity contribution >= 4 is 33.4 Å². The largest absolute Gasteiger partial charge is 0.496 e. The van der Waals surface area contributed by atoms with Gasteiger partial charge < -0.3 is 4.74 Å². The molecule has 4 aromatic carbocycles. The van der Waals surface area contributed by atoms with E-state index in [-0.39, 0.29) is 10.8 Å². The van der Waals surface area contributed by atoms with E-state index in [9.17, 15) is 13.2 Å². The summed E-state index contributed by atoms with van der Waals surface area (Å²) >= 11 is 0. The number of sulfonamides is 1. The molecule has 0 radical (unpaired) electrons. The Morgan fingerprint density at radius 2 is 1.48 bits per heavy atom. The van der Waals surface area contributed by atoms with Crippen LogP contribution < -0.4 is 9.75 Å². The summed E-state index contributed by atoms with van der Waals surface area (Å²) in [6, 6.07) is 33.0. The number of aromatic nitrogens is 2. The maximum absolute atomic E-state index is 14.1. The van der Waals surface area contributed by atoms with Crippen molar-refractivity contribution in [1.29, 1.82) is 0 Å². The molecule has 5 aromatic rings. The number of hydrogen-bond donors (Lipinski definition) is 0. The minimum absolute atomic E-state index is 0.171. The number of hydrazone groups is 1. The molecule has 1 aliphatic heterocycles. The number of ether oxygens (including phenoxy) is 1. The highest BCUT2D eigenvalue weighted by Crippen LogP contribution is 2.34. The van der Waals surface area contributed by atoms with E-state index in [0.717, 1.165) is 5.69 Å². The number of carbonyl (C=O) groups is 1. The number of para-hydroxylation sites is 3. The van der Waals surface area contributed by atoms with Crippen molar-refractivity contribution in [3.63, 3.8) is 0 Å². The second kappa shape index (κ2) is 13.0. The van der Waals surface area contributed by atoms with Crippen LogP contribution in [0.3, 0.4) is 0 Å². The number of anilines is 1. The Labute approximate surface area is 268 Å². The van der Waals surface area contributed by atoms with Crippen LogP contribution in [0, 0.1) is 0 Å². The lowest BCUT2D eigenvalue weighted by atomic mass is 9.98. The third kappa shape index (κ3) is 5.76. The summed E-state index contributed by atoms with van der Waals surface area (Å²) in [5.74, 6) is 0.257. The van der Waals surface area contributed by atoms with Gasteiger partial charge in [0.05, 0.1) is 29.0 Å². The summed E-state index contributed by atoms with van der Waals surface area (Å²) < 4.78 is 35.7. The van der Waals surface area contributed by atoms with Gasteiger partial charge in [-0.25, -0.2) is 13.1 Å². The minimum atomic E-state index is -3.72. The van der Waals surface area contributed by atoms with E-state index in [4.69, 9.17) is 14.9 Å². The zero-order valence-corrected chi connectivity index (χ0v) is 26.6. The van der Waals surface area contributed by atoms with Crippen LogP contribution in [-0.4, -0.2) is 54.3 Å². The summed E-state index contributed by atoms with van der Waals surface area (Å²) in [5, 5.41) is 11.1. The van der Waals surface area contributed by atoms with Crippen LogP contribution in [0.15, 0.2) is 131 Å². The molecule has 10 heteroatoms. The van der Waals surface area contributed by atoms with E-state index < -0.39 is 10.0 Å². The van der Waals surface area contributed by atoms with Crippen LogP contribution >= 0.6 is 0 Å². The molecule has 0 fully saturated rings. The van der Waals surface area contributed by atoms with Crippen LogP contribution in [0.25, 0.3) is 23.0 Å². The maximum atomic E-state index is 14.1. The van der Waals surface area contributed by atoms with Crippen molar-refractivity contribution in [3.05, 3.63) is 132 Å². The monoisotopic (exact) mass is 631 g/mol. The molecule has 46 heavy (non-hydrogen) atoms. The van der Waals surface area contributed by atoms with Gasteiger partial charge in [-0.05, 0) is 54.6 Å². The number of methoxy groups -OCH3 is 1. The topological polar surface area (TPSA) is 97.1 Å². The second-order valence-corrected chi connectivity index (χ2v) is 12.4. The molecule has 0 saturated carbocycles. The molecule has 0 bridgehead atoms. The van der Waals surface area contributed by atoms with E-state index in [1.165, 1.54) is 9.31 Å². The molecule has 9 nitrogen and oxygen atoms in total. The molecule has 0 N–H and O–H groups in total. The Kier molecular flexibility index (Phi) is 8.65. The van der Waals surface area contributed by atoms with E-state index in [1.807, 2.05) is 111 Å². The standard InChI is InChI=1S/C36H33N5O4S/c1-4-39(5-2)46(43,44)30-20-14-15-26(23-30)34-27(25-40(37-34)28-16-8-6-9-17-28)24-32-35(31-21-12-13-22-33(31)45-3)38-41(36(32)42)29-18-10-7-11-19-29/h6-25H,4-5H2,1-3H3. The lowest BCUT2D eigenvalue weighted by molar-refractivity contribution is -0.114. The van der Waals surface area contributed by atoms with Gasteiger partial charge in [0.2, 0.25) is 10.0 Å². The van der Waals surface area contributed by atoms with E-state index >= 15 is 0 Å². The lowest BCUT2D eigenvalue weighted by Gasteiger charge is -2.18. The summed E-state index contributed by atoms with van der Waals surface area (Å²) in [5.41, 5.74) is 4.60. The average molecular weight is 632 g/mol.